The van der Waals surface area contributed by atoms with E-state index in [2.05, 4.69) is 20.9 Å². The number of hydrogen-bond acceptors (Lipinski definition) is 2. The first-order valence-corrected chi connectivity index (χ1v) is 5.21. The van der Waals surface area contributed by atoms with E-state index in [4.69, 9.17) is 5.73 Å². The van der Waals surface area contributed by atoms with Gasteiger partial charge in [0, 0.05) is 16.2 Å². The fraction of sp³-hybridized carbons (Fsp3) is 0. The number of benzene rings is 1. The Bertz CT molecular complexity index is 548. The van der Waals surface area contributed by atoms with Crippen LogP contribution in [0.25, 0.3) is 11.1 Å². The SMILES string of the molecule is Nc1cc(-c2ccccc2Br)c[nH]c1=O. The van der Waals surface area contributed by atoms with Gasteiger partial charge < -0.3 is 10.7 Å². The van der Waals surface area contributed by atoms with Crippen LogP contribution in [0.3, 0.4) is 0 Å². The van der Waals surface area contributed by atoms with Crippen molar-refractivity contribution in [2.45, 2.75) is 0 Å². The summed E-state index contributed by atoms with van der Waals surface area (Å²) in [5.41, 5.74) is 7.40. The first-order chi connectivity index (χ1) is 7.18. The summed E-state index contributed by atoms with van der Waals surface area (Å²) in [4.78, 5) is 13.7. The molecule has 0 aliphatic carbocycles. The first kappa shape index (κ1) is 9.98. The summed E-state index contributed by atoms with van der Waals surface area (Å²) in [6.07, 6.45) is 1.65. The van der Waals surface area contributed by atoms with Gasteiger partial charge in [-0.05, 0) is 17.7 Å². The van der Waals surface area contributed by atoms with Gasteiger partial charge in [0.2, 0.25) is 0 Å². The number of H-pyrrole nitrogens is 1. The number of aromatic amines is 1. The molecule has 15 heavy (non-hydrogen) atoms. The molecule has 0 bridgehead atoms. The Morgan fingerprint density at radius 2 is 2.00 bits per heavy atom. The summed E-state index contributed by atoms with van der Waals surface area (Å²) in [5.74, 6) is 0. The molecule has 3 nitrogen and oxygen atoms in total. The quantitative estimate of drug-likeness (QED) is 0.831. The van der Waals surface area contributed by atoms with Gasteiger partial charge in [0.05, 0.1) is 5.69 Å². The van der Waals surface area contributed by atoms with E-state index in [0.717, 1.165) is 15.6 Å². The van der Waals surface area contributed by atoms with Gasteiger partial charge >= 0.3 is 0 Å². The van der Waals surface area contributed by atoms with Crippen molar-refractivity contribution in [3.8, 4) is 11.1 Å². The summed E-state index contributed by atoms with van der Waals surface area (Å²) in [6, 6.07) is 9.43. The van der Waals surface area contributed by atoms with E-state index in [1.54, 1.807) is 12.3 Å². The van der Waals surface area contributed by atoms with Gasteiger partial charge in [-0.15, -0.1) is 0 Å². The van der Waals surface area contributed by atoms with Crippen LogP contribution in [0.1, 0.15) is 0 Å². The molecule has 4 heteroatoms. The lowest BCUT2D eigenvalue weighted by Crippen LogP contribution is -2.10. The lowest BCUT2D eigenvalue weighted by molar-refractivity contribution is 1.24. The summed E-state index contributed by atoms with van der Waals surface area (Å²) in [6.45, 7) is 0. The highest BCUT2D eigenvalue weighted by Crippen LogP contribution is 2.27. The fourth-order valence-corrected chi connectivity index (χ4v) is 1.87. The number of anilines is 1. The molecule has 0 aliphatic rings. The third kappa shape index (κ3) is 1.94. The maximum absolute atomic E-state index is 11.1. The Labute approximate surface area is 95.1 Å². The highest BCUT2D eigenvalue weighted by Gasteiger charge is 2.03. The fourth-order valence-electron chi connectivity index (χ4n) is 1.35. The summed E-state index contributed by atoms with van der Waals surface area (Å²) >= 11 is 3.44. The zero-order chi connectivity index (χ0) is 10.8. The van der Waals surface area contributed by atoms with E-state index in [0.29, 0.717) is 0 Å². The van der Waals surface area contributed by atoms with Crippen molar-refractivity contribution in [3.63, 3.8) is 0 Å². The van der Waals surface area contributed by atoms with E-state index in [1.165, 1.54) is 0 Å². The average molecular weight is 265 g/mol. The topological polar surface area (TPSA) is 58.9 Å². The number of nitrogens with two attached hydrogens (primary N) is 1. The van der Waals surface area contributed by atoms with E-state index < -0.39 is 0 Å². The molecule has 2 aromatic rings. The molecule has 3 N–H and O–H groups in total. The number of aromatic nitrogens is 1. The molecule has 1 aromatic heterocycles. The van der Waals surface area contributed by atoms with Crippen LogP contribution in [0.15, 0.2) is 45.8 Å². The zero-order valence-corrected chi connectivity index (χ0v) is 9.41. The van der Waals surface area contributed by atoms with Gasteiger partial charge in [-0.2, -0.15) is 0 Å². The highest BCUT2D eigenvalue weighted by atomic mass is 79.9. The molecule has 2 rings (SSSR count). The van der Waals surface area contributed by atoms with Gasteiger partial charge in [-0.1, -0.05) is 34.1 Å². The summed E-state index contributed by atoms with van der Waals surface area (Å²) in [7, 11) is 0. The minimum atomic E-state index is -0.259. The Morgan fingerprint density at radius 1 is 1.27 bits per heavy atom. The molecule has 0 unspecified atom stereocenters. The number of hydrogen-bond donors (Lipinski definition) is 2. The lowest BCUT2D eigenvalue weighted by Gasteiger charge is -2.04. The van der Waals surface area contributed by atoms with Crippen LogP contribution in [0, 0.1) is 0 Å². The van der Waals surface area contributed by atoms with Crippen molar-refractivity contribution in [2.24, 2.45) is 0 Å². The molecule has 0 amide bonds. The molecule has 0 saturated carbocycles. The second-order valence-electron chi connectivity index (χ2n) is 3.15. The van der Waals surface area contributed by atoms with E-state index in [1.807, 2.05) is 24.3 Å². The third-order valence-corrected chi connectivity index (χ3v) is 2.81. The van der Waals surface area contributed by atoms with Gasteiger partial charge in [-0.25, -0.2) is 0 Å². The lowest BCUT2D eigenvalue weighted by atomic mass is 10.1. The number of halogens is 1. The molecule has 0 spiro atoms. The van der Waals surface area contributed by atoms with Gasteiger partial charge in [0.1, 0.15) is 0 Å². The van der Waals surface area contributed by atoms with Gasteiger partial charge in [-0.3, -0.25) is 4.79 Å². The Hall–Kier alpha value is -1.55. The molecule has 0 fully saturated rings. The van der Waals surface area contributed by atoms with Gasteiger partial charge in [0.25, 0.3) is 5.56 Å². The predicted molar refractivity (Wildman–Crippen MR) is 64.6 cm³/mol. The predicted octanol–water partition coefficient (Wildman–Crippen LogP) is 2.39. The van der Waals surface area contributed by atoms with Crippen molar-refractivity contribution in [1.29, 1.82) is 0 Å². The number of pyridine rings is 1. The number of nitrogen functional groups attached to an aromatic ring is 1. The van der Waals surface area contributed by atoms with Crippen LogP contribution in [0.2, 0.25) is 0 Å². The normalized spacial score (nSPS) is 10.2. The summed E-state index contributed by atoms with van der Waals surface area (Å²) < 4.78 is 0.969. The monoisotopic (exact) mass is 264 g/mol. The van der Waals surface area contributed by atoms with Crippen molar-refractivity contribution >= 4 is 21.6 Å². The molecular weight excluding hydrogens is 256 g/mol. The minimum absolute atomic E-state index is 0.225. The second kappa shape index (κ2) is 3.90. The van der Waals surface area contributed by atoms with Crippen LogP contribution >= 0.6 is 15.9 Å². The van der Waals surface area contributed by atoms with Crippen molar-refractivity contribution in [2.75, 3.05) is 5.73 Å². The standard InChI is InChI=1S/C11H9BrN2O/c12-9-4-2-1-3-8(9)7-5-10(13)11(15)14-6-7/h1-6H,13H2,(H,14,15). The number of nitrogens with one attached hydrogen (secondary N) is 1. The second-order valence-corrected chi connectivity index (χ2v) is 4.01. The van der Waals surface area contributed by atoms with Crippen LogP contribution < -0.4 is 11.3 Å². The Morgan fingerprint density at radius 3 is 2.67 bits per heavy atom. The Balaban J connectivity index is 2.60. The van der Waals surface area contributed by atoms with E-state index >= 15 is 0 Å². The summed E-state index contributed by atoms with van der Waals surface area (Å²) in [5, 5.41) is 0. The molecule has 0 atom stereocenters. The van der Waals surface area contributed by atoms with Crippen LogP contribution in [-0.4, -0.2) is 4.98 Å². The zero-order valence-electron chi connectivity index (χ0n) is 7.83. The maximum atomic E-state index is 11.1. The smallest absolute Gasteiger partial charge is 0.271 e. The van der Waals surface area contributed by atoms with E-state index in [9.17, 15) is 4.79 Å². The molecule has 0 radical (unpaired) electrons. The van der Waals surface area contributed by atoms with E-state index in [-0.39, 0.29) is 11.2 Å². The molecular formula is C11H9BrN2O. The average Bonchev–Trinajstić information content (AvgIpc) is 2.23. The van der Waals surface area contributed by atoms with Crippen molar-refractivity contribution in [3.05, 3.63) is 51.4 Å². The first-order valence-electron chi connectivity index (χ1n) is 4.41. The largest absolute Gasteiger partial charge is 0.394 e. The van der Waals surface area contributed by atoms with Crippen LogP contribution in [0.4, 0.5) is 5.69 Å². The molecule has 0 saturated heterocycles. The molecule has 1 aromatic carbocycles. The minimum Gasteiger partial charge on any atom is -0.394 e. The van der Waals surface area contributed by atoms with Crippen molar-refractivity contribution in [1.82, 2.24) is 4.98 Å². The maximum Gasteiger partial charge on any atom is 0.271 e. The Kier molecular flexibility index (Phi) is 2.60. The number of rotatable bonds is 1. The van der Waals surface area contributed by atoms with Crippen LogP contribution in [0.5, 0.6) is 0 Å². The molecule has 76 valence electrons. The van der Waals surface area contributed by atoms with Gasteiger partial charge in [0.15, 0.2) is 0 Å². The molecule has 0 aliphatic heterocycles. The highest BCUT2D eigenvalue weighted by molar-refractivity contribution is 9.10. The van der Waals surface area contributed by atoms with Crippen molar-refractivity contribution < 1.29 is 0 Å². The molecule has 1 heterocycles. The third-order valence-electron chi connectivity index (χ3n) is 2.12. The van der Waals surface area contributed by atoms with Crippen LogP contribution in [-0.2, 0) is 0 Å².